The van der Waals surface area contributed by atoms with Crippen LogP contribution in [0.5, 0.6) is 23.0 Å². The molecule has 1 N–H and O–H groups in total. The molecule has 164 valence electrons. The SMILES string of the molecule is CC1(OCCCO)COc2ccccc2OCCOCCOc2ccccc2OC1. The van der Waals surface area contributed by atoms with E-state index in [1.807, 2.05) is 55.5 Å². The summed E-state index contributed by atoms with van der Waals surface area (Å²) in [5.41, 5.74) is -0.741. The van der Waals surface area contributed by atoms with Crippen molar-refractivity contribution in [3.63, 3.8) is 0 Å². The van der Waals surface area contributed by atoms with Crippen LogP contribution in [0.2, 0.25) is 0 Å². The van der Waals surface area contributed by atoms with Crippen LogP contribution >= 0.6 is 0 Å². The lowest BCUT2D eigenvalue weighted by Gasteiger charge is -2.30. The molecule has 1 aliphatic heterocycles. The van der Waals surface area contributed by atoms with Gasteiger partial charge in [-0.3, -0.25) is 0 Å². The molecule has 30 heavy (non-hydrogen) atoms. The molecule has 3 rings (SSSR count). The molecule has 0 spiro atoms. The fraction of sp³-hybridized carbons (Fsp3) is 0.478. The van der Waals surface area contributed by atoms with Crippen LogP contribution in [0.25, 0.3) is 0 Å². The molecule has 1 heterocycles. The van der Waals surface area contributed by atoms with Crippen molar-refractivity contribution in [2.75, 3.05) is 52.9 Å². The van der Waals surface area contributed by atoms with E-state index in [9.17, 15) is 0 Å². The topological polar surface area (TPSA) is 75.6 Å². The third-order valence-electron chi connectivity index (χ3n) is 4.49. The summed E-state index contributed by atoms with van der Waals surface area (Å²) < 4.78 is 35.4. The van der Waals surface area contributed by atoms with E-state index in [1.165, 1.54) is 0 Å². The van der Waals surface area contributed by atoms with Gasteiger partial charge in [0.05, 0.1) is 13.2 Å². The fourth-order valence-electron chi connectivity index (χ4n) is 2.87. The average molecular weight is 418 g/mol. The molecule has 2 aromatic carbocycles. The maximum absolute atomic E-state index is 9.11. The highest BCUT2D eigenvalue weighted by Gasteiger charge is 2.29. The van der Waals surface area contributed by atoms with Gasteiger partial charge in [0.25, 0.3) is 0 Å². The van der Waals surface area contributed by atoms with Crippen LogP contribution in [0.3, 0.4) is 0 Å². The molecule has 0 saturated carbocycles. The Bertz CT molecular complexity index is 709. The van der Waals surface area contributed by atoms with Crippen LogP contribution in [-0.4, -0.2) is 63.6 Å². The van der Waals surface area contributed by atoms with Crippen molar-refractivity contribution < 1.29 is 33.5 Å². The maximum Gasteiger partial charge on any atom is 0.161 e. The Kier molecular flexibility index (Phi) is 8.62. The molecule has 0 unspecified atom stereocenters. The summed E-state index contributed by atoms with van der Waals surface area (Å²) in [6.07, 6.45) is 0.537. The van der Waals surface area contributed by atoms with Gasteiger partial charge in [-0.1, -0.05) is 24.3 Å². The van der Waals surface area contributed by atoms with Gasteiger partial charge in [-0.25, -0.2) is 0 Å². The van der Waals surface area contributed by atoms with Crippen LogP contribution in [0.4, 0.5) is 0 Å². The summed E-state index contributed by atoms with van der Waals surface area (Å²) in [4.78, 5) is 0. The normalized spacial score (nSPS) is 17.3. The van der Waals surface area contributed by atoms with Crippen LogP contribution < -0.4 is 18.9 Å². The quantitative estimate of drug-likeness (QED) is 0.765. The highest BCUT2D eigenvalue weighted by Crippen LogP contribution is 2.30. The number of para-hydroxylation sites is 4. The van der Waals surface area contributed by atoms with E-state index in [4.69, 9.17) is 33.5 Å². The summed E-state index contributed by atoms with van der Waals surface area (Å²) >= 11 is 0. The summed E-state index contributed by atoms with van der Waals surface area (Å²) in [7, 11) is 0. The first-order valence-corrected chi connectivity index (χ1v) is 10.2. The summed E-state index contributed by atoms with van der Waals surface area (Å²) in [5.74, 6) is 2.55. The zero-order chi connectivity index (χ0) is 21.1. The molecule has 2 aromatic rings. The Morgan fingerprint density at radius 1 is 0.767 bits per heavy atom. The second-order valence-electron chi connectivity index (χ2n) is 7.16. The molecule has 1 aliphatic rings. The lowest BCUT2D eigenvalue weighted by atomic mass is 10.1. The molecule has 0 amide bonds. The van der Waals surface area contributed by atoms with Gasteiger partial charge in [-0.2, -0.15) is 0 Å². The summed E-state index contributed by atoms with van der Waals surface area (Å²) in [6.45, 7) is 4.58. The van der Waals surface area contributed by atoms with Crippen molar-refractivity contribution in [1.82, 2.24) is 0 Å². The number of hydrogen-bond acceptors (Lipinski definition) is 7. The van der Waals surface area contributed by atoms with E-state index in [2.05, 4.69) is 0 Å². The Morgan fingerprint density at radius 2 is 1.23 bits per heavy atom. The zero-order valence-corrected chi connectivity index (χ0v) is 17.4. The smallest absolute Gasteiger partial charge is 0.161 e. The molecule has 7 heteroatoms. The monoisotopic (exact) mass is 418 g/mol. The summed E-state index contributed by atoms with van der Waals surface area (Å²) in [6, 6.07) is 15.0. The van der Waals surface area contributed by atoms with Gasteiger partial charge in [-0.15, -0.1) is 0 Å². The molecule has 0 aromatic heterocycles. The zero-order valence-electron chi connectivity index (χ0n) is 17.4. The van der Waals surface area contributed by atoms with Gasteiger partial charge in [-0.05, 0) is 37.6 Å². The Morgan fingerprint density at radius 3 is 1.70 bits per heavy atom. The average Bonchev–Trinajstić information content (AvgIpc) is 2.77. The van der Waals surface area contributed by atoms with Gasteiger partial charge < -0.3 is 33.5 Å². The molecule has 0 radical (unpaired) electrons. The number of aliphatic hydroxyl groups is 1. The van der Waals surface area contributed by atoms with E-state index in [-0.39, 0.29) is 19.8 Å². The second kappa shape index (κ2) is 11.6. The molecule has 0 saturated heterocycles. The van der Waals surface area contributed by atoms with Crippen molar-refractivity contribution in [3.05, 3.63) is 48.5 Å². The lowest BCUT2D eigenvalue weighted by molar-refractivity contribution is -0.0879. The minimum atomic E-state index is -0.741. The molecule has 0 aliphatic carbocycles. The van der Waals surface area contributed by atoms with Crippen LogP contribution in [-0.2, 0) is 9.47 Å². The van der Waals surface area contributed by atoms with E-state index >= 15 is 0 Å². The van der Waals surface area contributed by atoms with Crippen molar-refractivity contribution in [3.8, 4) is 23.0 Å². The lowest BCUT2D eigenvalue weighted by Crippen LogP contribution is -2.42. The molecular weight excluding hydrogens is 388 g/mol. The second-order valence-corrected chi connectivity index (χ2v) is 7.16. The van der Waals surface area contributed by atoms with E-state index in [1.54, 1.807) is 0 Å². The maximum atomic E-state index is 9.11. The minimum absolute atomic E-state index is 0.0627. The Hall–Kier alpha value is -2.48. The van der Waals surface area contributed by atoms with Crippen LogP contribution in [0, 0.1) is 0 Å². The Labute approximate surface area is 177 Å². The first-order valence-electron chi connectivity index (χ1n) is 10.2. The van der Waals surface area contributed by atoms with E-state index in [0.717, 1.165) is 0 Å². The fourth-order valence-corrected chi connectivity index (χ4v) is 2.87. The van der Waals surface area contributed by atoms with Gasteiger partial charge in [0.15, 0.2) is 23.0 Å². The van der Waals surface area contributed by atoms with Gasteiger partial charge in [0, 0.05) is 13.2 Å². The Balaban J connectivity index is 1.78. The predicted molar refractivity (Wildman–Crippen MR) is 112 cm³/mol. The molecule has 0 fully saturated rings. The first-order chi connectivity index (χ1) is 14.7. The minimum Gasteiger partial charge on any atom is -0.487 e. The van der Waals surface area contributed by atoms with Crippen molar-refractivity contribution in [2.24, 2.45) is 0 Å². The number of aliphatic hydroxyl groups excluding tert-OH is 1. The molecule has 7 nitrogen and oxygen atoms in total. The van der Waals surface area contributed by atoms with Gasteiger partial charge in [0.2, 0.25) is 0 Å². The van der Waals surface area contributed by atoms with Gasteiger partial charge >= 0.3 is 0 Å². The van der Waals surface area contributed by atoms with Crippen LogP contribution in [0.1, 0.15) is 13.3 Å². The van der Waals surface area contributed by atoms with Crippen molar-refractivity contribution >= 4 is 0 Å². The van der Waals surface area contributed by atoms with E-state index < -0.39 is 5.60 Å². The molecule has 0 atom stereocenters. The highest BCUT2D eigenvalue weighted by molar-refractivity contribution is 5.40. The first kappa shape index (κ1) is 22.2. The number of ether oxygens (including phenoxy) is 6. The number of rotatable bonds is 4. The van der Waals surface area contributed by atoms with Gasteiger partial charge in [0.1, 0.15) is 32.0 Å². The summed E-state index contributed by atoms with van der Waals surface area (Å²) in [5, 5.41) is 9.11. The van der Waals surface area contributed by atoms with Crippen molar-refractivity contribution in [2.45, 2.75) is 18.9 Å². The largest absolute Gasteiger partial charge is 0.487 e. The number of fused-ring (bicyclic) bond motifs is 2. The number of benzene rings is 2. The standard InChI is InChI=1S/C23H30O7/c1-23(30-12-6-11-24)17-28-21-9-4-2-7-19(21)26-15-13-25-14-16-27-20-8-3-5-10-22(20)29-18-23/h2-5,7-10,24H,6,11-18H2,1H3. The molecular formula is C23H30O7. The predicted octanol–water partition coefficient (Wildman–Crippen LogP) is 3.09. The third kappa shape index (κ3) is 6.79. The third-order valence-corrected chi connectivity index (χ3v) is 4.49. The van der Waals surface area contributed by atoms with E-state index in [0.29, 0.717) is 62.5 Å². The number of hydrogen-bond donors (Lipinski definition) is 1. The van der Waals surface area contributed by atoms with Crippen LogP contribution in [0.15, 0.2) is 48.5 Å². The highest BCUT2D eigenvalue weighted by atomic mass is 16.6. The van der Waals surface area contributed by atoms with Crippen molar-refractivity contribution in [1.29, 1.82) is 0 Å². The molecule has 0 bridgehead atoms.